The summed E-state index contributed by atoms with van der Waals surface area (Å²) in [6.07, 6.45) is 6.70. The lowest BCUT2D eigenvalue weighted by atomic mass is 10.2. The molecule has 0 radical (unpaired) electrons. The maximum Gasteiger partial charge on any atom is 0.202 e. The van der Waals surface area contributed by atoms with Crippen molar-refractivity contribution in [3.63, 3.8) is 0 Å². The molecule has 0 amide bonds. The summed E-state index contributed by atoms with van der Waals surface area (Å²) in [5, 5.41) is 8.77. The molecule has 0 bridgehead atoms. The third kappa shape index (κ3) is 2.51. The Morgan fingerprint density at radius 3 is 2.86 bits per heavy atom. The first-order valence-corrected chi connectivity index (χ1v) is 7.35. The molecule has 0 saturated heterocycles. The van der Waals surface area contributed by atoms with Gasteiger partial charge in [-0.05, 0) is 18.9 Å². The third-order valence-electron chi connectivity index (χ3n) is 3.64. The van der Waals surface area contributed by atoms with Crippen LogP contribution in [0.2, 0.25) is 0 Å². The van der Waals surface area contributed by atoms with E-state index in [0.717, 1.165) is 49.2 Å². The molecule has 0 spiro atoms. The van der Waals surface area contributed by atoms with Crippen LogP contribution in [0.3, 0.4) is 0 Å². The average Bonchev–Trinajstić information content (AvgIpc) is 3.13. The third-order valence-corrected chi connectivity index (χ3v) is 3.64. The lowest BCUT2D eigenvalue weighted by molar-refractivity contribution is 0.530. The van der Waals surface area contributed by atoms with Crippen molar-refractivity contribution in [1.29, 1.82) is 0 Å². The minimum atomic E-state index is 0.566. The van der Waals surface area contributed by atoms with Crippen LogP contribution in [-0.4, -0.2) is 29.1 Å². The monoisotopic (exact) mass is 287 g/mol. The number of hydrogen-bond acceptors (Lipinski definition) is 4. The molecule has 0 aliphatic heterocycles. The standard InChI is InChI=1S/C14H21N7/c1-3-6-11-12-13(19(2)18-11)21(14(15)17-12)10-5-9-20-8-4-7-16-20/h4,7-8H,3,5-6,9-10H2,1-2H3,(H2,15,17). The molecule has 3 aromatic heterocycles. The molecule has 3 rings (SSSR count). The van der Waals surface area contributed by atoms with Gasteiger partial charge >= 0.3 is 0 Å². The quantitative estimate of drug-likeness (QED) is 0.746. The summed E-state index contributed by atoms with van der Waals surface area (Å²) in [6.45, 7) is 3.82. The number of nitrogens with two attached hydrogens (primary N) is 1. The Bertz CT molecular complexity index is 720. The normalized spacial score (nSPS) is 11.5. The van der Waals surface area contributed by atoms with Crippen LogP contribution in [0.25, 0.3) is 11.2 Å². The molecule has 0 aromatic carbocycles. The molecule has 0 saturated carbocycles. The number of aryl methyl sites for hydroxylation is 4. The van der Waals surface area contributed by atoms with Crippen LogP contribution in [0, 0.1) is 0 Å². The van der Waals surface area contributed by atoms with Crippen LogP contribution in [0.15, 0.2) is 18.5 Å². The number of hydrogen-bond donors (Lipinski definition) is 1. The predicted molar refractivity (Wildman–Crippen MR) is 81.8 cm³/mol. The zero-order chi connectivity index (χ0) is 14.8. The molecule has 3 heterocycles. The Hall–Kier alpha value is -2.31. The highest BCUT2D eigenvalue weighted by Crippen LogP contribution is 2.22. The Morgan fingerprint density at radius 2 is 2.14 bits per heavy atom. The zero-order valence-corrected chi connectivity index (χ0v) is 12.5. The topological polar surface area (TPSA) is 79.5 Å². The van der Waals surface area contributed by atoms with Crippen LogP contribution >= 0.6 is 0 Å². The van der Waals surface area contributed by atoms with Crippen molar-refractivity contribution in [1.82, 2.24) is 29.1 Å². The largest absolute Gasteiger partial charge is 0.369 e. The van der Waals surface area contributed by atoms with Gasteiger partial charge in [0, 0.05) is 32.5 Å². The predicted octanol–water partition coefficient (Wildman–Crippen LogP) is 1.59. The van der Waals surface area contributed by atoms with Crippen molar-refractivity contribution in [2.45, 2.75) is 39.3 Å². The van der Waals surface area contributed by atoms with E-state index >= 15 is 0 Å². The Morgan fingerprint density at radius 1 is 1.29 bits per heavy atom. The Labute approximate surface area is 123 Å². The van der Waals surface area contributed by atoms with Crippen LogP contribution in [0.4, 0.5) is 5.95 Å². The molecule has 0 unspecified atom stereocenters. The molecule has 7 heteroatoms. The highest BCUT2D eigenvalue weighted by molar-refractivity contribution is 5.77. The summed E-state index contributed by atoms with van der Waals surface area (Å²) in [6, 6.07) is 1.93. The molecular formula is C14H21N7. The second-order valence-electron chi connectivity index (χ2n) is 5.24. The van der Waals surface area contributed by atoms with E-state index in [2.05, 4.69) is 22.1 Å². The zero-order valence-electron chi connectivity index (χ0n) is 12.5. The van der Waals surface area contributed by atoms with Crippen molar-refractivity contribution < 1.29 is 0 Å². The summed E-state index contributed by atoms with van der Waals surface area (Å²) in [5.41, 5.74) is 9.07. The highest BCUT2D eigenvalue weighted by Gasteiger charge is 2.17. The number of fused-ring (bicyclic) bond motifs is 1. The molecule has 112 valence electrons. The van der Waals surface area contributed by atoms with Crippen LogP contribution in [0.5, 0.6) is 0 Å². The van der Waals surface area contributed by atoms with Gasteiger partial charge in [0.05, 0.1) is 5.69 Å². The summed E-state index contributed by atoms with van der Waals surface area (Å²) in [7, 11) is 1.95. The molecule has 21 heavy (non-hydrogen) atoms. The summed E-state index contributed by atoms with van der Waals surface area (Å²) in [5.74, 6) is 0.566. The van der Waals surface area contributed by atoms with Gasteiger partial charge in [-0.15, -0.1) is 0 Å². The summed E-state index contributed by atoms with van der Waals surface area (Å²) in [4.78, 5) is 4.50. The van der Waals surface area contributed by atoms with Gasteiger partial charge in [-0.2, -0.15) is 10.2 Å². The molecule has 0 atom stereocenters. The van der Waals surface area contributed by atoms with Crippen LogP contribution in [0.1, 0.15) is 25.5 Å². The first kappa shape index (κ1) is 13.7. The Kier molecular flexibility index (Phi) is 3.64. The van der Waals surface area contributed by atoms with Gasteiger partial charge in [0.15, 0.2) is 5.65 Å². The maximum atomic E-state index is 6.08. The fourth-order valence-corrected chi connectivity index (χ4v) is 2.71. The molecule has 2 N–H and O–H groups in total. The SMILES string of the molecule is CCCc1nn(C)c2c1nc(N)n2CCCn1cccn1. The van der Waals surface area contributed by atoms with Crippen molar-refractivity contribution >= 4 is 17.1 Å². The van der Waals surface area contributed by atoms with Crippen LogP contribution in [-0.2, 0) is 26.6 Å². The van der Waals surface area contributed by atoms with Crippen molar-refractivity contribution in [3.05, 3.63) is 24.2 Å². The minimum Gasteiger partial charge on any atom is -0.369 e. The second-order valence-corrected chi connectivity index (χ2v) is 5.24. The second kappa shape index (κ2) is 5.59. The van der Waals surface area contributed by atoms with Crippen LogP contribution < -0.4 is 5.73 Å². The van der Waals surface area contributed by atoms with Crippen molar-refractivity contribution in [3.8, 4) is 0 Å². The summed E-state index contributed by atoms with van der Waals surface area (Å²) >= 11 is 0. The smallest absolute Gasteiger partial charge is 0.202 e. The highest BCUT2D eigenvalue weighted by atomic mass is 15.3. The van der Waals surface area contributed by atoms with Gasteiger partial charge < -0.3 is 5.73 Å². The Balaban J connectivity index is 1.82. The van der Waals surface area contributed by atoms with Gasteiger partial charge in [-0.1, -0.05) is 13.3 Å². The van der Waals surface area contributed by atoms with Gasteiger partial charge in [0.2, 0.25) is 5.95 Å². The number of anilines is 1. The van der Waals surface area contributed by atoms with E-state index < -0.39 is 0 Å². The van der Waals surface area contributed by atoms with Gasteiger partial charge in [0.1, 0.15) is 5.52 Å². The van der Waals surface area contributed by atoms with Crippen molar-refractivity contribution in [2.75, 3.05) is 5.73 Å². The van der Waals surface area contributed by atoms with E-state index in [9.17, 15) is 0 Å². The molecule has 0 fully saturated rings. The lowest BCUT2D eigenvalue weighted by Gasteiger charge is -2.07. The number of imidazole rings is 1. The van der Waals surface area contributed by atoms with Gasteiger partial charge in [0.25, 0.3) is 0 Å². The maximum absolute atomic E-state index is 6.08. The first-order valence-electron chi connectivity index (χ1n) is 7.35. The van der Waals surface area contributed by atoms with E-state index in [1.165, 1.54) is 0 Å². The van der Waals surface area contributed by atoms with E-state index in [0.29, 0.717) is 5.95 Å². The van der Waals surface area contributed by atoms with Gasteiger partial charge in [-0.3, -0.25) is 13.9 Å². The van der Waals surface area contributed by atoms with E-state index in [4.69, 9.17) is 5.73 Å². The number of aromatic nitrogens is 6. The van der Waals surface area contributed by atoms with E-state index in [1.807, 2.05) is 33.2 Å². The molecule has 3 aromatic rings. The van der Waals surface area contributed by atoms with Gasteiger partial charge in [-0.25, -0.2) is 4.98 Å². The number of nitrogens with zero attached hydrogens (tertiary/aromatic N) is 6. The molecule has 7 nitrogen and oxygen atoms in total. The molecular weight excluding hydrogens is 266 g/mol. The lowest BCUT2D eigenvalue weighted by Crippen LogP contribution is -2.09. The fraction of sp³-hybridized carbons (Fsp3) is 0.500. The van der Waals surface area contributed by atoms with Crippen molar-refractivity contribution in [2.24, 2.45) is 7.05 Å². The molecule has 0 aliphatic carbocycles. The average molecular weight is 287 g/mol. The fourth-order valence-electron chi connectivity index (χ4n) is 2.71. The number of rotatable bonds is 6. The van der Waals surface area contributed by atoms with E-state index in [1.54, 1.807) is 6.20 Å². The first-order chi connectivity index (χ1) is 10.2. The summed E-state index contributed by atoms with van der Waals surface area (Å²) < 4.78 is 5.86. The molecule has 0 aliphatic rings. The number of nitrogen functional groups attached to an aromatic ring is 1. The van der Waals surface area contributed by atoms with E-state index in [-0.39, 0.29) is 0 Å². The minimum absolute atomic E-state index is 0.566.